The van der Waals surface area contributed by atoms with E-state index in [-0.39, 0.29) is 16.5 Å². The minimum Gasteiger partial charge on any atom is -0.388 e. The van der Waals surface area contributed by atoms with E-state index in [4.69, 9.17) is 17.3 Å². The van der Waals surface area contributed by atoms with Crippen LogP contribution in [0.1, 0.15) is 38.9 Å². The number of benzene rings is 1. The molecule has 96 valence electrons. The van der Waals surface area contributed by atoms with Crippen molar-refractivity contribution in [1.29, 1.82) is 0 Å². The zero-order chi connectivity index (χ0) is 13.2. The molecule has 0 aliphatic rings. The van der Waals surface area contributed by atoms with Crippen molar-refractivity contribution in [2.45, 2.75) is 39.3 Å². The Labute approximate surface area is 107 Å². The maximum atomic E-state index is 13.2. The summed E-state index contributed by atoms with van der Waals surface area (Å²) in [5.41, 5.74) is 6.39. The van der Waals surface area contributed by atoms with Crippen molar-refractivity contribution < 1.29 is 9.50 Å². The summed E-state index contributed by atoms with van der Waals surface area (Å²) in [6.07, 6.45) is -0.374. The zero-order valence-corrected chi connectivity index (χ0v) is 11.1. The summed E-state index contributed by atoms with van der Waals surface area (Å²) in [6, 6.07) is 4.16. The molecule has 4 heteroatoms. The Balaban J connectivity index is 2.76. The van der Waals surface area contributed by atoms with Gasteiger partial charge in [0.25, 0.3) is 0 Å². The number of hydrogen-bond donors (Lipinski definition) is 2. The molecule has 1 aromatic carbocycles. The fourth-order valence-electron chi connectivity index (χ4n) is 1.45. The Morgan fingerprint density at radius 1 is 1.41 bits per heavy atom. The van der Waals surface area contributed by atoms with Crippen molar-refractivity contribution in [2.75, 3.05) is 0 Å². The zero-order valence-electron chi connectivity index (χ0n) is 10.4. The van der Waals surface area contributed by atoms with Gasteiger partial charge < -0.3 is 10.8 Å². The normalized spacial score (nSPS) is 15.7. The molecule has 0 fully saturated rings. The van der Waals surface area contributed by atoms with Crippen LogP contribution < -0.4 is 5.73 Å². The van der Waals surface area contributed by atoms with Crippen LogP contribution in [0.15, 0.2) is 18.2 Å². The first kappa shape index (κ1) is 14.4. The van der Waals surface area contributed by atoms with Crippen LogP contribution >= 0.6 is 11.6 Å². The van der Waals surface area contributed by atoms with E-state index in [2.05, 4.69) is 0 Å². The number of aliphatic hydroxyl groups is 1. The van der Waals surface area contributed by atoms with Gasteiger partial charge in [-0.2, -0.15) is 0 Å². The number of aliphatic hydroxyl groups excluding tert-OH is 1. The van der Waals surface area contributed by atoms with Gasteiger partial charge in [0.05, 0.1) is 11.1 Å². The summed E-state index contributed by atoms with van der Waals surface area (Å²) < 4.78 is 13.2. The van der Waals surface area contributed by atoms with Gasteiger partial charge in [-0.25, -0.2) is 4.39 Å². The third-order valence-corrected chi connectivity index (χ3v) is 3.22. The minimum absolute atomic E-state index is 0.0565. The summed E-state index contributed by atoms with van der Waals surface area (Å²) in [6.45, 7) is 6.02. The fourth-order valence-corrected chi connectivity index (χ4v) is 1.57. The van der Waals surface area contributed by atoms with Gasteiger partial charge >= 0.3 is 0 Å². The SMILES string of the molecule is CC(C)(C)[C@H](N)C[C@@H](O)c1ccc(Cl)c(F)c1. The lowest BCUT2D eigenvalue weighted by Gasteiger charge is -2.29. The van der Waals surface area contributed by atoms with Crippen LogP contribution in [0.25, 0.3) is 0 Å². The average Bonchev–Trinajstić information content (AvgIpc) is 2.20. The largest absolute Gasteiger partial charge is 0.388 e. The van der Waals surface area contributed by atoms with Gasteiger partial charge in [0, 0.05) is 6.04 Å². The number of halogens is 2. The van der Waals surface area contributed by atoms with Gasteiger partial charge in [-0.3, -0.25) is 0 Å². The van der Waals surface area contributed by atoms with Crippen molar-refractivity contribution in [3.8, 4) is 0 Å². The lowest BCUT2D eigenvalue weighted by atomic mass is 9.83. The molecule has 0 spiro atoms. The van der Waals surface area contributed by atoms with Gasteiger partial charge in [-0.05, 0) is 29.5 Å². The molecule has 0 aliphatic carbocycles. The molecular formula is C13H19ClFNO. The summed E-state index contributed by atoms with van der Waals surface area (Å²) in [5.74, 6) is -0.521. The van der Waals surface area contributed by atoms with E-state index in [1.165, 1.54) is 12.1 Å². The fraction of sp³-hybridized carbons (Fsp3) is 0.538. The Morgan fingerprint density at radius 3 is 2.47 bits per heavy atom. The molecule has 17 heavy (non-hydrogen) atoms. The lowest BCUT2D eigenvalue weighted by molar-refractivity contribution is 0.133. The Morgan fingerprint density at radius 2 is 2.00 bits per heavy atom. The predicted molar refractivity (Wildman–Crippen MR) is 68.4 cm³/mol. The van der Waals surface area contributed by atoms with E-state index in [0.29, 0.717) is 12.0 Å². The molecule has 0 radical (unpaired) electrons. The van der Waals surface area contributed by atoms with E-state index < -0.39 is 11.9 Å². The van der Waals surface area contributed by atoms with Crippen LogP contribution in [0.4, 0.5) is 4.39 Å². The molecule has 1 aromatic rings. The highest BCUT2D eigenvalue weighted by Gasteiger charge is 2.24. The topological polar surface area (TPSA) is 46.2 Å². The molecule has 2 nitrogen and oxygen atoms in total. The highest BCUT2D eigenvalue weighted by molar-refractivity contribution is 6.30. The molecule has 0 saturated carbocycles. The van der Waals surface area contributed by atoms with Gasteiger partial charge in [0.2, 0.25) is 0 Å². The summed E-state index contributed by atoms with van der Waals surface area (Å²) in [7, 11) is 0. The maximum Gasteiger partial charge on any atom is 0.142 e. The quantitative estimate of drug-likeness (QED) is 0.875. The molecule has 0 bridgehead atoms. The number of hydrogen-bond acceptors (Lipinski definition) is 2. The Bertz CT molecular complexity index is 389. The molecule has 0 saturated heterocycles. The highest BCUT2D eigenvalue weighted by Crippen LogP contribution is 2.28. The second-order valence-electron chi connectivity index (χ2n) is 5.40. The molecule has 0 unspecified atom stereocenters. The van der Waals surface area contributed by atoms with E-state index in [0.717, 1.165) is 0 Å². The van der Waals surface area contributed by atoms with Crippen molar-refractivity contribution in [1.82, 2.24) is 0 Å². The maximum absolute atomic E-state index is 13.2. The van der Waals surface area contributed by atoms with Crippen LogP contribution in [0.3, 0.4) is 0 Å². The smallest absolute Gasteiger partial charge is 0.142 e. The van der Waals surface area contributed by atoms with Gasteiger partial charge in [-0.15, -0.1) is 0 Å². The molecule has 0 aromatic heterocycles. The Hall–Kier alpha value is -0.640. The van der Waals surface area contributed by atoms with E-state index in [9.17, 15) is 9.50 Å². The van der Waals surface area contributed by atoms with Crippen molar-refractivity contribution in [3.63, 3.8) is 0 Å². The van der Waals surface area contributed by atoms with Crippen molar-refractivity contribution in [2.24, 2.45) is 11.1 Å². The van der Waals surface area contributed by atoms with E-state index in [1.807, 2.05) is 20.8 Å². The highest BCUT2D eigenvalue weighted by atomic mass is 35.5. The molecule has 3 N–H and O–H groups in total. The van der Waals surface area contributed by atoms with E-state index in [1.54, 1.807) is 6.07 Å². The Kier molecular flexibility index (Phi) is 4.53. The molecule has 2 atom stereocenters. The average molecular weight is 260 g/mol. The minimum atomic E-state index is -0.768. The monoisotopic (exact) mass is 259 g/mol. The molecule has 1 rings (SSSR count). The molecular weight excluding hydrogens is 241 g/mol. The lowest BCUT2D eigenvalue weighted by Crippen LogP contribution is -2.36. The third-order valence-electron chi connectivity index (χ3n) is 2.92. The van der Waals surface area contributed by atoms with Crippen LogP contribution in [0.2, 0.25) is 5.02 Å². The third kappa shape index (κ3) is 3.95. The summed E-state index contributed by atoms with van der Waals surface area (Å²) in [4.78, 5) is 0. The second kappa shape index (κ2) is 5.34. The van der Waals surface area contributed by atoms with Crippen LogP contribution in [-0.2, 0) is 0 Å². The first-order valence-electron chi connectivity index (χ1n) is 5.60. The van der Waals surface area contributed by atoms with Gasteiger partial charge in [0.1, 0.15) is 5.82 Å². The van der Waals surface area contributed by atoms with E-state index >= 15 is 0 Å². The van der Waals surface area contributed by atoms with Crippen LogP contribution in [-0.4, -0.2) is 11.1 Å². The van der Waals surface area contributed by atoms with Gasteiger partial charge in [0.15, 0.2) is 0 Å². The first-order valence-corrected chi connectivity index (χ1v) is 5.98. The number of rotatable bonds is 3. The van der Waals surface area contributed by atoms with Crippen LogP contribution in [0, 0.1) is 11.2 Å². The summed E-state index contributed by atoms with van der Waals surface area (Å²) >= 11 is 5.58. The molecule has 0 heterocycles. The number of nitrogens with two attached hydrogens (primary N) is 1. The van der Waals surface area contributed by atoms with Crippen molar-refractivity contribution in [3.05, 3.63) is 34.6 Å². The summed E-state index contributed by atoms with van der Waals surface area (Å²) in [5, 5.41) is 10.0. The molecule has 0 aliphatic heterocycles. The van der Waals surface area contributed by atoms with Crippen LogP contribution in [0.5, 0.6) is 0 Å². The second-order valence-corrected chi connectivity index (χ2v) is 5.80. The standard InChI is InChI=1S/C13H19ClFNO/c1-13(2,3)12(16)7-11(17)8-4-5-9(14)10(15)6-8/h4-6,11-12,17H,7,16H2,1-3H3/t11-,12-/m1/s1. The van der Waals surface area contributed by atoms with Crippen molar-refractivity contribution >= 4 is 11.6 Å². The first-order chi connectivity index (χ1) is 7.71. The molecule has 0 amide bonds. The van der Waals surface area contributed by atoms with Gasteiger partial charge in [-0.1, -0.05) is 38.4 Å². The predicted octanol–water partition coefficient (Wildman–Crippen LogP) is 3.28.